The Balaban J connectivity index is 1.95. The van der Waals surface area contributed by atoms with Crippen molar-refractivity contribution in [2.24, 2.45) is 5.73 Å². The summed E-state index contributed by atoms with van der Waals surface area (Å²) in [5.41, 5.74) is 7.41. The predicted molar refractivity (Wildman–Crippen MR) is 101 cm³/mol. The molecule has 3 rings (SSSR count). The molecule has 7 nitrogen and oxygen atoms in total. The van der Waals surface area contributed by atoms with Gasteiger partial charge < -0.3 is 20.7 Å². The Hall–Kier alpha value is -3.68. The second-order valence-electron chi connectivity index (χ2n) is 5.72. The molecule has 3 N–H and O–H groups in total. The minimum atomic E-state index is -0.635. The zero-order valence-corrected chi connectivity index (χ0v) is 14.8. The van der Waals surface area contributed by atoms with Gasteiger partial charge in [-0.25, -0.2) is 9.37 Å². The van der Waals surface area contributed by atoms with Gasteiger partial charge in [0, 0.05) is 31.1 Å². The molecule has 0 aliphatic rings. The number of anilines is 4. The fraction of sp³-hybridized carbons (Fsp3) is 0.105. The van der Waals surface area contributed by atoms with Crippen molar-refractivity contribution in [3.05, 3.63) is 66.4 Å². The first-order chi connectivity index (χ1) is 13.0. The van der Waals surface area contributed by atoms with Crippen molar-refractivity contribution < 1.29 is 13.9 Å². The van der Waals surface area contributed by atoms with Gasteiger partial charge >= 0.3 is 0 Å². The van der Waals surface area contributed by atoms with Crippen molar-refractivity contribution in [2.75, 3.05) is 24.4 Å². The molecule has 0 unspecified atom stereocenters. The Kier molecular flexibility index (Phi) is 5.16. The molecule has 1 amide bonds. The van der Waals surface area contributed by atoms with Gasteiger partial charge in [0.1, 0.15) is 17.4 Å². The number of hydrogen-bond donors (Lipinski definition) is 2. The minimum Gasteiger partial charge on any atom is -0.497 e. The largest absolute Gasteiger partial charge is 0.497 e. The molecule has 1 aromatic carbocycles. The third kappa shape index (κ3) is 4.12. The molecule has 0 aliphatic heterocycles. The van der Waals surface area contributed by atoms with Crippen molar-refractivity contribution in [3.63, 3.8) is 0 Å². The molecule has 0 radical (unpaired) electrons. The number of rotatable bonds is 6. The van der Waals surface area contributed by atoms with E-state index in [0.29, 0.717) is 17.2 Å². The number of carbonyl (C=O) groups is 1. The Morgan fingerprint density at radius 3 is 2.56 bits per heavy atom. The van der Waals surface area contributed by atoms with Crippen LogP contribution in [-0.4, -0.2) is 30.0 Å². The topological polar surface area (TPSA) is 93.4 Å². The summed E-state index contributed by atoms with van der Waals surface area (Å²) < 4.78 is 18.6. The Morgan fingerprint density at radius 1 is 1.19 bits per heavy atom. The average Bonchev–Trinajstić information content (AvgIpc) is 2.67. The van der Waals surface area contributed by atoms with Crippen molar-refractivity contribution in [3.8, 4) is 5.75 Å². The molecule has 0 atom stereocenters. The van der Waals surface area contributed by atoms with Gasteiger partial charge in [0.2, 0.25) is 0 Å². The van der Waals surface area contributed by atoms with Crippen LogP contribution in [0.3, 0.4) is 0 Å². The number of aromatic nitrogens is 2. The van der Waals surface area contributed by atoms with Gasteiger partial charge in [-0.15, -0.1) is 0 Å². The zero-order valence-electron chi connectivity index (χ0n) is 14.8. The maximum Gasteiger partial charge on any atom is 0.252 e. The number of methoxy groups -OCH3 is 1. The van der Waals surface area contributed by atoms with Gasteiger partial charge in [-0.1, -0.05) is 0 Å². The van der Waals surface area contributed by atoms with E-state index in [2.05, 4.69) is 15.3 Å². The number of nitrogens with zero attached hydrogens (tertiary/aromatic N) is 3. The smallest absolute Gasteiger partial charge is 0.252 e. The standard InChI is InChI=1S/C19H18FN5O2/c1-25(14-7-12(20)9-22-10-14)17-8-18(23-11-16(17)19(21)26)24-13-3-5-15(27-2)6-4-13/h3-11H,1-2H3,(H2,21,26)(H,23,24). The summed E-state index contributed by atoms with van der Waals surface area (Å²) in [6.45, 7) is 0. The molecular formula is C19H18FN5O2. The molecule has 3 aromatic rings. The summed E-state index contributed by atoms with van der Waals surface area (Å²) in [7, 11) is 3.28. The van der Waals surface area contributed by atoms with Gasteiger partial charge in [-0.05, 0) is 24.3 Å². The van der Waals surface area contributed by atoms with E-state index in [4.69, 9.17) is 10.5 Å². The number of benzene rings is 1. The van der Waals surface area contributed by atoms with E-state index in [0.717, 1.165) is 17.6 Å². The maximum absolute atomic E-state index is 13.5. The van der Waals surface area contributed by atoms with E-state index in [9.17, 15) is 9.18 Å². The lowest BCUT2D eigenvalue weighted by Crippen LogP contribution is -2.19. The molecule has 138 valence electrons. The molecule has 2 heterocycles. The van der Waals surface area contributed by atoms with E-state index in [1.807, 2.05) is 24.3 Å². The lowest BCUT2D eigenvalue weighted by molar-refractivity contribution is 0.100. The van der Waals surface area contributed by atoms with Gasteiger partial charge in [-0.3, -0.25) is 9.78 Å². The number of ether oxygens (including phenoxy) is 1. The highest BCUT2D eigenvalue weighted by Crippen LogP contribution is 2.29. The Morgan fingerprint density at radius 2 is 1.93 bits per heavy atom. The predicted octanol–water partition coefficient (Wildman–Crippen LogP) is 3.23. The minimum absolute atomic E-state index is 0.210. The van der Waals surface area contributed by atoms with E-state index >= 15 is 0 Å². The van der Waals surface area contributed by atoms with Crippen LogP contribution in [-0.2, 0) is 0 Å². The highest BCUT2D eigenvalue weighted by atomic mass is 19.1. The van der Waals surface area contributed by atoms with Crippen molar-refractivity contribution >= 4 is 28.8 Å². The Labute approximate surface area is 155 Å². The molecule has 0 spiro atoms. The summed E-state index contributed by atoms with van der Waals surface area (Å²) in [6, 6.07) is 10.3. The van der Waals surface area contributed by atoms with Crippen LogP contribution in [0.25, 0.3) is 0 Å². The first kappa shape index (κ1) is 18.1. The molecule has 0 aliphatic carbocycles. The maximum atomic E-state index is 13.5. The molecule has 8 heteroatoms. The fourth-order valence-corrected chi connectivity index (χ4v) is 2.53. The van der Waals surface area contributed by atoms with Crippen LogP contribution in [0.15, 0.2) is 55.0 Å². The molecule has 0 fully saturated rings. The van der Waals surface area contributed by atoms with Crippen molar-refractivity contribution in [1.82, 2.24) is 9.97 Å². The number of carbonyl (C=O) groups excluding carboxylic acids is 1. The molecule has 0 bridgehead atoms. The normalized spacial score (nSPS) is 10.3. The van der Waals surface area contributed by atoms with Crippen LogP contribution < -0.4 is 20.7 Å². The van der Waals surface area contributed by atoms with E-state index in [-0.39, 0.29) is 5.56 Å². The van der Waals surface area contributed by atoms with E-state index < -0.39 is 11.7 Å². The highest BCUT2D eigenvalue weighted by Gasteiger charge is 2.16. The summed E-state index contributed by atoms with van der Waals surface area (Å²) in [6.07, 6.45) is 3.98. The number of nitrogens with two attached hydrogens (primary N) is 1. The van der Waals surface area contributed by atoms with Crippen molar-refractivity contribution in [1.29, 1.82) is 0 Å². The van der Waals surface area contributed by atoms with Crippen LogP contribution in [0, 0.1) is 5.82 Å². The third-order valence-electron chi connectivity index (χ3n) is 3.95. The molecule has 0 saturated heterocycles. The van der Waals surface area contributed by atoms with E-state index in [1.54, 1.807) is 25.1 Å². The van der Waals surface area contributed by atoms with Gasteiger partial charge in [-0.2, -0.15) is 0 Å². The summed E-state index contributed by atoms with van der Waals surface area (Å²) >= 11 is 0. The first-order valence-corrected chi connectivity index (χ1v) is 8.03. The molecule has 0 saturated carbocycles. The SMILES string of the molecule is COc1ccc(Nc2cc(N(C)c3cncc(F)c3)c(C(N)=O)cn2)cc1. The summed E-state index contributed by atoms with van der Waals surface area (Å²) in [5.74, 6) is 0.114. The second kappa shape index (κ2) is 7.69. The quantitative estimate of drug-likeness (QED) is 0.695. The zero-order chi connectivity index (χ0) is 19.4. The number of primary amides is 1. The number of halogens is 1. The molecule has 27 heavy (non-hydrogen) atoms. The van der Waals surface area contributed by atoms with Crippen LogP contribution in [0.5, 0.6) is 5.75 Å². The molecule has 2 aromatic heterocycles. The van der Waals surface area contributed by atoms with Gasteiger partial charge in [0.05, 0.1) is 36.4 Å². The monoisotopic (exact) mass is 367 g/mol. The van der Waals surface area contributed by atoms with Crippen LogP contribution in [0.4, 0.5) is 27.3 Å². The van der Waals surface area contributed by atoms with Crippen molar-refractivity contribution in [2.45, 2.75) is 0 Å². The van der Waals surface area contributed by atoms with Crippen LogP contribution >= 0.6 is 0 Å². The van der Waals surface area contributed by atoms with Crippen LogP contribution in [0.1, 0.15) is 10.4 Å². The number of nitrogens with one attached hydrogen (secondary N) is 1. The van der Waals surface area contributed by atoms with Gasteiger partial charge in [0.25, 0.3) is 5.91 Å². The van der Waals surface area contributed by atoms with Crippen LogP contribution in [0.2, 0.25) is 0 Å². The van der Waals surface area contributed by atoms with Gasteiger partial charge in [0.15, 0.2) is 0 Å². The average molecular weight is 367 g/mol. The lowest BCUT2D eigenvalue weighted by Gasteiger charge is -2.22. The number of amides is 1. The third-order valence-corrected chi connectivity index (χ3v) is 3.95. The van der Waals surface area contributed by atoms with E-state index in [1.165, 1.54) is 18.5 Å². The lowest BCUT2D eigenvalue weighted by atomic mass is 10.2. The summed E-state index contributed by atoms with van der Waals surface area (Å²) in [5, 5.41) is 3.14. The molecular weight excluding hydrogens is 349 g/mol. The number of pyridine rings is 2. The first-order valence-electron chi connectivity index (χ1n) is 8.03. The second-order valence-corrected chi connectivity index (χ2v) is 5.72. The number of hydrogen-bond acceptors (Lipinski definition) is 6. The Bertz CT molecular complexity index is 963. The summed E-state index contributed by atoms with van der Waals surface area (Å²) in [4.78, 5) is 21.5. The fourth-order valence-electron chi connectivity index (χ4n) is 2.53. The highest BCUT2D eigenvalue weighted by molar-refractivity contribution is 5.99.